The van der Waals surface area contributed by atoms with E-state index < -0.39 is 0 Å². The van der Waals surface area contributed by atoms with E-state index in [1.807, 2.05) is 36.1 Å². The first kappa shape index (κ1) is 17.3. The van der Waals surface area contributed by atoms with Crippen molar-refractivity contribution in [3.8, 4) is 5.75 Å². The quantitative estimate of drug-likeness (QED) is 0.742. The van der Waals surface area contributed by atoms with Gasteiger partial charge in [0.15, 0.2) is 5.82 Å². The Kier molecular flexibility index (Phi) is 5.95. The van der Waals surface area contributed by atoms with E-state index in [2.05, 4.69) is 15.5 Å². The van der Waals surface area contributed by atoms with Crippen LogP contribution in [0.25, 0.3) is 0 Å². The summed E-state index contributed by atoms with van der Waals surface area (Å²) >= 11 is 0. The number of hydrogen-bond acceptors (Lipinski definition) is 6. The minimum Gasteiger partial charge on any atom is -0.494 e. The molecule has 0 spiro atoms. The molecule has 2 aromatic rings. The van der Waals surface area contributed by atoms with Gasteiger partial charge in [0.2, 0.25) is 5.91 Å². The van der Waals surface area contributed by atoms with Gasteiger partial charge in [-0.3, -0.25) is 4.79 Å². The van der Waals surface area contributed by atoms with Gasteiger partial charge in [0.25, 0.3) is 0 Å². The molecule has 1 aliphatic heterocycles. The van der Waals surface area contributed by atoms with E-state index in [1.165, 1.54) is 0 Å². The zero-order valence-corrected chi connectivity index (χ0v) is 14.4. The molecule has 1 aromatic heterocycles. The Morgan fingerprint density at radius 2 is 2.08 bits per heavy atom. The first-order valence-corrected chi connectivity index (χ1v) is 8.59. The topological polar surface area (TPSA) is 82.4 Å². The lowest BCUT2D eigenvalue weighted by atomic mass is 10.2. The van der Waals surface area contributed by atoms with E-state index in [0.717, 1.165) is 11.3 Å². The number of para-hydroxylation sites is 1. The largest absolute Gasteiger partial charge is 0.494 e. The van der Waals surface area contributed by atoms with Gasteiger partial charge in [0.05, 0.1) is 26.4 Å². The molecule has 8 nitrogen and oxygen atoms in total. The number of rotatable bonds is 7. The Hall–Kier alpha value is -2.48. The normalized spacial score (nSPS) is 14.5. The maximum absolute atomic E-state index is 12.3. The van der Waals surface area contributed by atoms with Crippen molar-refractivity contribution in [2.75, 3.05) is 32.9 Å². The van der Waals surface area contributed by atoms with Gasteiger partial charge in [-0.15, -0.1) is 5.10 Å². The van der Waals surface area contributed by atoms with Crippen LogP contribution < -0.4 is 4.74 Å². The molecule has 0 atom stereocenters. The van der Waals surface area contributed by atoms with Crippen molar-refractivity contribution in [3.63, 3.8) is 0 Å². The molecule has 0 radical (unpaired) electrons. The van der Waals surface area contributed by atoms with Crippen LogP contribution in [0.2, 0.25) is 0 Å². The molecule has 1 saturated heterocycles. The van der Waals surface area contributed by atoms with Crippen LogP contribution >= 0.6 is 0 Å². The van der Waals surface area contributed by atoms with Crippen molar-refractivity contribution in [2.24, 2.45) is 0 Å². The van der Waals surface area contributed by atoms with Crippen molar-refractivity contribution in [1.29, 1.82) is 0 Å². The highest BCUT2D eigenvalue weighted by atomic mass is 16.5. The molecule has 1 fully saturated rings. The summed E-state index contributed by atoms with van der Waals surface area (Å²) in [6.07, 6.45) is 0.910. The monoisotopic (exact) mass is 345 g/mol. The summed E-state index contributed by atoms with van der Waals surface area (Å²) in [5.41, 5.74) is 1.01. The molecule has 1 aliphatic rings. The predicted octanol–water partition coefficient (Wildman–Crippen LogP) is 0.911. The van der Waals surface area contributed by atoms with E-state index in [-0.39, 0.29) is 5.91 Å². The Labute approximate surface area is 146 Å². The third-order valence-electron chi connectivity index (χ3n) is 4.12. The number of nitrogens with zero attached hydrogens (tertiary/aromatic N) is 5. The molecule has 3 rings (SSSR count). The SMILES string of the molecule is CCOc1ccccc1Cn1nnnc1CCC(=O)N1CCOCC1. The highest BCUT2D eigenvalue weighted by Crippen LogP contribution is 2.19. The van der Waals surface area contributed by atoms with E-state index in [4.69, 9.17) is 9.47 Å². The van der Waals surface area contributed by atoms with E-state index in [1.54, 1.807) is 4.68 Å². The lowest BCUT2D eigenvalue weighted by molar-refractivity contribution is -0.135. The third kappa shape index (κ3) is 4.54. The lowest BCUT2D eigenvalue weighted by Gasteiger charge is -2.26. The molecule has 8 heteroatoms. The summed E-state index contributed by atoms with van der Waals surface area (Å²) in [6.45, 7) is 5.61. The summed E-state index contributed by atoms with van der Waals surface area (Å²) in [5, 5.41) is 11.9. The van der Waals surface area contributed by atoms with Crippen LogP contribution in [-0.4, -0.2) is 63.9 Å². The molecule has 2 heterocycles. The van der Waals surface area contributed by atoms with Crippen LogP contribution in [0, 0.1) is 0 Å². The van der Waals surface area contributed by atoms with Crippen molar-refractivity contribution in [1.82, 2.24) is 25.1 Å². The molecule has 1 aromatic carbocycles. The van der Waals surface area contributed by atoms with Gasteiger partial charge >= 0.3 is 0 Å². The lowest BCUT2D eigenvalue weighted by Crippen LogP contribution is -2.40. The molecule has 25 heavy (non-hydrogen) atoms. The highest BCUT2D eigenvalue weighted by Gasteiger charge is 2.18. The summed E-state index contributed by atoms with van der Waals surface area (Å²) in [5.74, 6) is 1.65. The molecular formula is C17H23N5O3. The molecule has 0 N–H and O–H groups in total. The zero-order chi connectivity index (χ0) is 17.5. The van der Waals surface area contributed by atoms with E-state index >= 15 is 0 Å². The number of ether oxygens (including phenoxy) is 2. The van der Waals surface area contributed by atoms with Crippen molar-refractivity contribution >= 4 is 5.91 Å². The van der Waals surface area contributed by atoms with Gasteiger partial charge in [0, 0.05) is 31.5 Å². The second kappa shape index (κ2) is 8.57. The van der Waals surface area contributed by atoms with Gasteiger partial charge < -0.3 is 14.4 Å². The summed E-state index contributed by atoms with van der Waals surface area (Å²) in [7, 11) is 0. The fourth-order valence-corrected chi connectivity index (χ4v) is 2.81. The number of carbonyl (C=O) groups excluding carboxylic acids is 1. The Balaban J connectivity index is 1.62. The van der Waals surface area contributed by atoms with Crippen LogP contribution in [0.4, 0.5) is 0 Å². The maximum Gasteiger partial charge on any atom is 0.223 e. The summed E-state index contributed by atoms with van der Waals surface area (Å²) < 4.78 is 12.6. The Morgan fingerprint density at radius 1 is 1.28 bits per heavy atom. The fourth-order valence-electron chi connectivity index (χ4n) is 2.81. The minimum absolute atomic E-state index is 0.118. The molecule has 1 amide bonds. The fraction of sp³-hybridized carbons (Fsp3) is 0.529. The second-order valence-corrected chi connectivity index (χ2v) is 5.79. The van der Waals surface area contributed by atoms with Crippen LogP contribution in [0.5, 0.6) is 5.75 Å². The summed E-state index contributed by atoms with van der Waals surface area (Å²) in [6, 6.07) is 7.83. The third-order valence-corrected chi connectivity index (χ3v) is 4.12. The van der Waals surface area contributed by atoms with Gasteiger partial charge in [-0.25, -0.2) is 4.68 Å². The number of morpholine rings is 1. The van der Waals surface area contributed by atoms with Crippen molar-refractivity contribution in [3.05, 3.63) is 35.7 Å². The standard InChI is InChI=1S/C17H23N5O3/c1-2-25-15-6-4-3-5-14(15)13-22-16(18-19-20-22)7-8-17(23)21-9-11-24-12-10-21/h3-6H,2,7-13H2,1H3. The average molecular weight is 345 g/mol. The van der Waals surface area contributed by atoms with Crippen LogP contribution in [-0.2, 0) is 22.5 Å². The average Bonchev–Trinajstić information content (AvgIpc) is 3.09. The Bertz CT molecular complexity index is 697. The Morgan fingerprint density at radius 3 is 2.88 bits per heavy atom. The smallest absolute Gasteiger partial charge is 0.223 e. The predicted molar refractivity (Wildman–Crippen MR) is 90.3 cm³/mol. The van der Waals surface area contributed by atoms with Gasteiger partial charge in [0.1, 0.15) is 5.75 Å². The number of aromatic nitrogens is 4. The maximum atomic E-state index is 12.3. The number of hydrogen-bond donors (Lipinski definition) is 0. The molecule has 134 valence electrons. The van der Waals surface area contributed by atoms with Crippen molar-refractivity contribution in [2.45, 2.75) is 26.3 Å². The zero-order valence-electron chi connectivity index (χ0n) is 14.4. The number of benzene rings is 1. The number of amides is 1. The summed E-state index contributed by atoms with van der Waals surface area (Å²) in [4.78, 5) is 14.1. The number of tetrazole rings is 1. The van der Waals surface area contributed by atoms with Gasteiger partial charge in [-0.05, 0) is 23.4 Å². The molecular weight excluding hydrogens is 322 g/mol. The van der Waals surface area contributed by atoms with Crippen LogP contribution in [0.3, 0.4) is 0 Å². The van der Waals surface area contributed by atoms with Gasteiger partial charge in [-0.2, -0.15) is 0 Å². The van der Waals surface area contributed by atoms with Crippen molar-refractivity contribution < 1.29 is 14.3 Å². The van der Waals surface area contributed by atoms with E-state index in [9.17, 15) is 4.79 Å². The molecule has 0 aliphatic carbocycles. The molecule has 0 bridgehead atoms. The highest BCUT2D eigenvalue weighted by molar-refractivity contribution is 5.76. The minimum atomic E-state index is 0.118. The number of carbonyl (C=O) groups is 1. The van der Waals surface area contributed by atoms with E-state index in [0.29, 0.717) is 58.1 Å². The molecule has 0 saturated carbocycles. The number of aryl methyl sites for hydroxylation is 1. The van der Waals surface area contributed by atoms with Gasteiger partial charge in [-0.1, -0.05) is 18.2 Å². The first-order chi connectivity index (χ1) is 12.3. The van der Waals surface area contributed by atoms with Crippen LogP contribution in [0.15, 0.2) is 24.3 Å². The first-order valence-electron chi connectivity index (χ1n) is 8.59. The molecule has 0 unspecified atom stereocenters. The van der Waals surface area contributed by atoms with Crippen LogP contribution in [0.1, 0.15) is 24.7 Å². The second-order valence-electron chi connectivity index (χ2n) is 5.79.